The number of hydrogen-bond donors (Lipinski definition) is 2. The van der Waals surface area contributed by atoms with E-state index in [2.05, 4.69) is 21.2 Å². The van der Waals surface area contributed by atoms with Gasteiger partial charge in [0, 0.05) is 0 Å². The summed E-state index contributed by atoms with van der Waals surface area (Å²) in [5, 5.41) is 11.7. The number of urea groups is 1. The molecular formula is C27H23BrN2O6. The number of carboxylic acids is 1. The molecule has 1 aliphatic heterocycles. The van der Waals surface area contributed by atoms with Crippen molar-refractivity contribution in [3.63, 3.8) is 0 Å². The van der Waals surface area contributed by atoms with Crippen molar-refractivity contribution >= 4 is 39.9 Å². The summed E-state index contributed by atoms with van der Waals surface area (Å²) in [4.78, 5) is 37.6. The molecule has 0 saturated carbocycles. The first-order valence-corrected chi connectivity index (χ1v) is 11.8. The summed E-state index contributed by atoms with van der Waals surface area (Å²) >= 11 is 3.49. The van der Waals surface area contributed by atoms with E-state index in [-0.39, 0.29) is 24.4 Å². The van der Waals surface area contributed by atoms with Crippen molar-refractivity contribution < 1.29 is 29.0 Å². The molecule has 3 aromatic carbocycles. The van der Waals surface area contributed by atoms with Crippen molar-refractivity contribution in [2.75, 3.05) is 7.11 Å². The number of carbonyl (C=O) groups is 3. The lowest BCUT2D eigenvalue weighted by atomic mass is 10.1. The summed E-state index contributed by atoms with van der Waals surface area (Å²) < 4.78 is 12.0. The van der Waals surface area contributed by atoms with Crippen LogP contribution >= 0.6 is 15.9 Å². The average Bonchev–Trinajstić information content (AvgIpc) is 3.10. The lowest BCUT2D eigenvalue weighted by molar-refractivity contribution is -0.123. The second-order valence-electron chi connectivity index (χ2n) is 8.19. The third-order valence-corrected chi connectivity index (χ3v) is 6.12. The summed E-state index contributed by atoms with van der Waals surface area (Å²) in [6, 6.07) is 17.0. The summed E-state index contributed by atoms with van der Waals surface area (Å²) in [6.45, 7) is 2.32. The van der Waals surface area contributed by atoms with Crippen molar-refractivity contribution in [2.45, 2.75) is 20.1 Å². The summed E-state index contributed by atoms with van der Waals surface area (Å²) in [5.41, 5.74) is 3.68. The maximum atomic E-state index is 12.9. The third-order valence-electron chi connectivity index (χ3n) is 5.53. The van der Waals surface area contributed by atoms with E-state index in [9.17, 15) is 14.4 Å². The second kappa shape index (κ2) is 10.7. The van der Waals surface area contributed by atoms with E-state index in [1.165, 1.54) is 24.1 Å². The van der Waals surface area contributed by atoms with E-state index in [0.29, 0.717) is 21.5 Å². The van der Waals surface area contributed by atoms with Gasteiger partial charge in [0.15, 0.2) is 11.5 Å². The van der Waals surface area contributed by atoms with E-state index in [0.717, 1.165) is 16.7 Å². The van der Waals surface area contributed by atoms with Crippen LogP contribution in [-0.2, 0) is 17.9 Å². The van der Waals surface area contributed by atoms with E-state index >= 15 is 0 Å². The number of aryl methyl sites for hydroxylation is 1. The topological polar surface area (TPSA) is 105 Å². The predicted molar refractivity (Wildman–Crippen MR) is 137 cm³/mol. The molecule has 0 radical (unpaired) electrons. The van der Waals surface area contributed by atoms with E-state index in [1.807, 2.05) is 31.2 Å². The van der Waals surface area contributed by atoms with Crippen LogP contribution in [0.1, 0.15) is 32.6 Å². The van der Waals surface area contributed by atoms with Crippen molar-refractivity contribution in [3.8, 4) is 11.5 Å². The number of nitrogens with zero attached hydrogens (tertiary/aromatic N) is 1. The largest absolute Gasteiger partial charge is 0.493 e. The molecule has 0 aromatic heterocycles. The molecule has 3 aromatic rings. The van der Waals surface area contributed by atoms with Gasteiger partial charge in [-0.25, -0.2) is 9.59 Å². The third kappa shape index (κ3) is 5.58. The number of aromatic carboxylic acids is 1. The fourth-order valence-electron chi connectivity index (χ4n) is 3.74. The highest BCUT2D eigenvalue weighted by Gasteiger charge is 2.33. The average molecular weight is 551 g/mol. The van der Waals surface area contributed by atoms with Crippen LogP contribution in [0.3, 0.4) is 0 Å². The van der Waals surface area contributed by atoms with Crippen LogP contribution in [0, 0.1) is 6.92 Å². The molecule has 2 N–H and O–H groups in total. The number of ether oxygens (including phenoxy) is 2. The van der Waals surface area contributed by atoms with Crippen LogP contribution in [0.5, 0.6) is 11.5 Å². The smallest absolute Gasteiger partial charge is 0.335 e. The van der Waals surface area contributed by atoms with Crippen molar-refractivity contribution in [2.24, 2.45) is 0 Å². The number of methoxy groups -OCH3 is 1. The number of carbonyl (C=O) groups excluding carboxylic acids is 2. The fraction of sp³-hybridized carbons (Fsp3) is 0.148. The first-order valence-electron chi connectivity index (χ1n) is 11.0. The molecular weight excluding hydrogens is 528 g/mol. The quantitative estimate of drug-likeness (QED) is 0.297. The molecule has 8 nitrogen and oxygen atoms in total. The first-order chi connectivity index (χ1) is 17.2. The molecule has 36 heavy (non-hydrogen) atoms. The molecule has 0 unspecified atom stereocenters. The number of hydrogen-bond acceptors (Lipinski definition) is 5. The lowest BCUT2D eigenvalue weighted by Gasteiger charge is -2.14. The second-order valence-corrected chi connectivity index (χ2v) is 9.05. The Morgan fingerprint density at radius 1 is 1.08 bits per heavy atom. The number of benzene rings is 3. The molecule has 0 bridgehead atoms. The summed E-state index contributed by atoms with van der Waals surface area (Å²) in [7, 11) is 1.50. The minimum Gasteiger partial charge on any atom is -0.493 e. The minimum atomic E-state index is -0.994. The van der Waals surface area contributed by atoms with Crippen LogP contribution in [0.4, 0.5) is 4.79 Å². The zero-order valence-corrected chi connectivity index (χ0v) is 21.2. The van der Waals surface area contributed by atoms with Gasteiger partial charge >= 0.3 is 12.0 Å². The zero-order chi connectivity index (χ0) is 25.8. The molecule has 1 heterocycles. The van der Waals surface area contributed by atoms with Gasteiger partial charge in [0.25, 0.3) is 5.91 Å². The highest BCUT2D eigenvalue weighted by atomic mass is 79.9. The highest BCUT2D eigenvalue weighted by molar-refractivity contribution is 9.10. The predicted octanol–water partition coefficient (Wildman–Crippen LogP) is 5.14. The molecule has 0 aliphatic carbocycles. The number of nitrogens with one attached hydrogen (secondary N) is 1. The van der Waals surface area contributed by atoms with Crippen LogP contribution in [-0.4, -0.2) is 35.0 Å². The minimum absolute atomic E-state index is 0.161. The van der Waals surface area contributed by atoms with Gasteiger partial charge < -0.3 is 19.9 Å². The molecule has 0 atom stereocenters. The van der Waals surface area contributed by atoms with Gasteiger partial charge in [-0.2, -0.15) is 0 Å². The molecule has 1 fully saturated rings. The Hall–Kier alpha value is -4.11. The highest BCUT2D eigenvalue weighted by Crippen LogP contribution is 2.38. The Balaban J connectivity index is 1.51. The van der Waals surface area contributed by atoms with Gasteiger partial charge in [-0.1, -0.05) is 42.0 Å². The van der Waals surface area contributed by atoms with E-state index in [1.54, 1.807) is 30.3 Å². The van der Waals surface area contributed by atoms with Crippen molar-refractivity contribution in [1.82, 2.24) is 10.2 Å². The number of halogens is 1. The number of amides is 3. The Labute approximate surface area is 216 Å². The SMILES string of the molecule is COc1cc(/C=C2/NC(=O)N(Cc3cccc(C)c3)C2=O)cc(Br)c1OCc1ccc(C(=O)O)cc1. The number of carboxylic acid groups (broad SMARTS) is 1. The lowest BCUT2D eigenvalue weighted by Crippen LogP contribution is -2.30. The van der Waals surface area contributed by atoms with Crippen LogP contribution in [0.25, 0.3) is 6.08 Å². The Bertz CT molecular complexity index is 1370. The maximum absolute atomic E-state index is 12.9. The first kappa shape index (κ1) is 25.0. The zero-order valence-electron chi connectivity index (χ0n) is 19.6. The van der Waals surface area contributed by atoms with Gasteiger partial charge in [-0.15, -0.1) is 0 Å². The summed E-state index contributed by atoms with van der Waals surface area (Å²) in [6.07, 6.45) is 1.58. The molecule has 184 valence electrons. The number of imide groups is 1. The van der Waals surface area contributed by atoms with Gasteiger partial charge in [-0.05, 0) is 69.9 Å². The van der Waals surface area contributed by atoms with Crippen molar-refractivity contribution in [1.29, 1.82) is 0 Å². The fourth-order valence-corrected chi connectivity index (χ4v) is 4.31. The Kier molecular flexibility index (Phi) is 7.40. The van der Waals surface area contributed by atoms with Gasteiger partial charge in [-0.3, -0.25) is 9.69 Å². The van der Waals surface area contributed by atoms with Gasteiger partial charge in [0.1, 0.15) is 12.3 Å². The standard InChI is InChI=1S/C27H23BrN2O6/c1-16-4-3-5-18(10-16)14-30-25(31)22(29-27(30)34)12-19-11-21(28)24(23(13-19)35-2)36-15-17-6-8-20(9-7-17)26(32)33/h3-13H,14-15H2,1-2H3,(H,29,34)(H,32,33)/b22-12+. The summed E-state index contributed by atoms with van der Waals surface area (Å²) in [5.74, 6) is -0.537. The maximum Gasteiger partial charge on any atom is 0.335 e. The Morgan fingerprint density at radius 2 is 1.83 bits per heavy atom. The van der Waals surface area contributed by atoms with Crippen LogP contribution in [0.15, 0.2) is 70.8 Å². The normalized spacial score (nSPS) is 14.2. The molecule has 3 amide bonds. The van der Waals surface area contributed by atoms with Crippen molar-refractivity contribution in [3.05, 3.63) is 98.7 Å². The Morgan fingerprint density at radius 3 is 2.50 bits per heavy atom. The number of rotatable bonds is 8. The molecule has 4 rings (SSSR count). The molecule has 0 spiro atoms. The van der Waals surface area contributed by atoms with Crippen LogP contribution < -0.4 is 14.8 Å². The van der Waals surface area contributed by atoms with E-state index in [4.69, 9.17) is 14.6 Å². The molecule has 1 saturated heterocycles. The van der Waals surface area contributed by atoms with Gasteiger partial charge in [0.2, 0.25) is 0 Å². The monoisotopic (exact) mass is 550 g/mol. The molecule has 9 heteroatoms. The molecule has 1 aliphatic rings. The van der Waals surface area contributed by atoms with E-state index < -0.39 is 17.9 Å². The van der Waals surface area contributed by atoms with Gasteiger partial charge in [0.05, 0.1) is 23.7 Å². The van der Waals surface area contributed by atoms with Crippen LogP contribution in [0.2, 0.25) is 0 Å².